The molecule has 0 aliphatic carbocycles. The number of hydrogen-bond acceptors (Lipinski definition) is 4. The first-order chi connectivity index (χ1) is 11.9. The fraction of sp³-hybridized carbons (Fsp3) is 0.294. The number of nitrogens with zero attached hydrogens (tertiary/aromatic N) is 2. The highest BCUT2D eigenvalue weighted by atomic mass is 79.9. The average Bonchev–Trinajstić information content (AvgIpc) is 2.64. The topological polar surface area (TPSA) is 49.9 Å². The van der Waals surface area contributed by atoms with Crippen molar-refractivity contribution in [3.63, 3.8) is 0 Å². The summed E-state index contributed by atoms with van der Waals surface area (Å²) in [7, 11) is -1.88. The Morgan fingerprint density at radius 1 is 0.960 bits per heavy atom. The Kier molecular flexibility index (Phi) is 5.72. The van der Waals surface area contributed by atoms with Gasteiger partial charge in [0.15, 0.2) is 0 Å². The van der Waals surface area contributed by atoms with Crippen molar-refractivity contribution in [1.82, 2.24) is 4.31 Å². The highest BCUT2D eigenvalue weighted by Crippen LogP contribution is 2.29. The zero-order valence-electron chi connectivity index (χ0n) is 13.7. The zero-order valence-corrected chi connectivity index (χ0v) is 17.6. The molecule has 1 saturated heterocycles. The van der Waals surface area contributed by atoms with Gasteiger partial charge in [-0.2, -0.15) is 4.31 Å². The molecule has 134 valence electrons. The van der Waals surface area contributed by atoms with E-state index >= 15 is 0 Å². The Labute approximate surface area is 164 Å². The predicted octanol–water partition coefficient (Wildman–Crippen LogP) is 3.73. The maximum Gasteiger partial charge on any atom is 0.244 e. The van der Waals surface area contributed by atoms with E-state index in [1.54, 1.807) is 23.5 Å². The van der Waals surface area contributed by atoms with Crippen molar-refractivity contribution in [3.05, 3.63) is 51.4 Å². The number of piperazine rings is 1. The first-order valence-electron chi connectivity index (χ1n) is 7.76. The smallest absolute Gasteiger partial charge is 0.244 e. The first-order valence-corrected chi connectivity index (χ1v) is 10.8. The molecule has 0 amide bonds. The van der Waals surface area contributed by atoms with Crippen LogP contribution in [0.2, 0.25) is 0 Å². The fourth-order valence-electron chi connectivity index (χ4n) is 2.79. The van der Waals surface area contributed by atoms with Gasteiger partial charge in [0.2, 0.25) is 10.0 Å². The summed E-state index contributed by atoms with van der Waals surface area (Å²) >= 11 is 6.69. The third kappa shape index (κ3) is 4.02. The third-order valence-corrected chi connectivity index (χ3v) is 7.57. The second-order valence-corrected chi connectivity index (χ2v) is 9.34. The molecule has 0 unspecified atom stereocenters. The van der Waals surface area contributed by atoms with Crippen molar-refractivity contribution in [2.24, 2.45) is 0 Å². The average molecular weight is 490 g/mol. The molecule has 5 nitrogen and oxygen atoms in total. The third-order valence-electron chi connectivity index (χ3n) is 4.19. The van der Waals surface area contributed by atoms with Crippen molar-refractivity contribution in [3.8, 4) is 5.75 Å². The lowest BCUT2D eigenvalue weighted by atomic mass is 10.2. The minimum absolute atomic E-state index is 0.291. The number of methoxy groups -OCH3 is 1. The van der Waals surface area contributed by atoms with Crippen LogP contribution < -0.4 is 9.64 Å². The molecule has 0 aromatic heterocycles. The summed E-state index contributed by atoms with van der Waals surface area (Å²) < 4.78 is 33.9. The zero-order chi connectivity index (χ0) is 18.0. The van der Waals surface area contributed by atoms with Crippen LogP contribution in [0.25, 0.3) is 0 Å². The Bertz CT molecular complexity index is 849. The number of anilines is 1. The largest absolute Gasteiger partial charge is 0.497 e. The quantitative estimate of drug-likeness (QED) is 0.656. The molecule has 1 aliphatic rings. The van der Waals surface area contributed by atoms with E-state index in [1.165, 1.54) is 0 Å². The Balaban J connectivity index is 1.73. The maximum absolute atomic E-state index is 12.9. The number of hydrogen-bond donors (Lipinski definition) is 0. The van der Waals surface area contributed by atoms with Gasteiger partial charge in [0, 0.05) is 40.8 Å². The van der Waals surface area contributed by atoms with Gasteiger partial charge in [-0.05, 0) is 58.4 Å². The van der Waals surface area contributed by atoms with Crippen LogP contribution in [0, 0.1) is 0 Å². The van der Waals surface area contributed by atoms with E-state index in [1.807, 2.05) is 30.3 Å². The number of benzene rings is 2. The SMILES string of the molecule is COc1ccc(N2CCN(S(=O)(=O)c3cc(Br)ccc3Br)CC2)cc1. The normalized spacial score (nSPS) is 16.0. The van der Waals surface area contributed by atoms with Crippen molar-refractivity contribution < 1.29 is 13.2 Å². The molecule has 1 heterocycles. The molecule has 2 aromatic rings. The van der Waals surface area contributed by atoms with Crippen molar-refractivity contribution in [2.75, 3.05) is 38.2 Å². The van der Waals surface area contributed by atoms with Gasteiger partial charge in [-0.3, -0.25) is 0 Å². The highest BCUT2D eigenvalue weighted by Gasteiger charge is 2.30. The Morgan fingerprint density at radius 3 is 2.20 bits per heavy atom. The summed E-state index contributed by atoms with van der Waals surface area (Å²) in [6, 6.07) is 13.0. The fourth-order valence-corrected chi connectivity index (χ4v) is 5.68. The van der Waals surface area contributed by atoms with Gasteiger partial charge in [0.05, 0.1) is 12.0 Å². The molecule has 3 rings (SSSR count). The molecular formula is C17H18Br2N2O3S. The molecule has 2 aromatic carbocycles. The standard InChI is InChI=1S/C17H18Br2N2O3S/c1-24-15-5-3-14(4-6-15)20-8-10-21(11-9-20)25(22,23)17-12-13(18)2-7-16(17)19/h2-7,12H,8-11H2,1H3. The molecule has 1 aliphatic heterocycles. The summed E-state index contributed by atoms with van der Waals surface area (Å²) in [6.07, 6.45) is 0. The summed E-state index contributed by atoms with van der Waals surface area (Å²) in [5, 5.41) is 0. The highest BCUT2D eigenvalue weighted by molar-refractivity contribution is 9.11. The molecule has 0 N–H and O–H groups in total. The summed E-state index contributed by atoms with van der Waals surface area (Å²) in [5.74, 6) is 0.810. The minimum Gasteiger partial charge on any atom is -0.497 e. The monoisotopic (exact) mass is 488 g/mol. The van der Waals surface area contributed by atoms with E-state index in [-0.39, 0.29) is 0 Å². The second kappa shape index (κ2) is 7.65. The van der Waals surface area contributed by atoms with Gasteiger partial charge >= 0.3 is 0 Å². The van der Waals surface area contributed by atoms with Crippen LogP contribution in [-0.4, -0.2) is 46.0 Å². The molecule has 0 bridgehead atoms. The van der Waals surface area contributed by atoms with Crippen LogP contribution in [0.1, 0.15) is 0 Å². The summed E-state index contributed by atoms with van der Waals surface area (Å²) in [6.45, 7) is 2.20. The van der Waals surface area contributed by atoms with Crippen molar-refractivity contribution >= 4 is 47.6 Å². The molecule has 25 heavy (non-hydrogen) atoms. The van der Waals surface area contributed by atoms with E-state index in [2.05, 4.69) is 36.8 Å². The summed E-state index contributed by atoms with van der Waals surface area (Å²) in [5.41, 5.74) is 1.07. The van der Waals surface area contributed by atoms with Gasteiger partial charge in [0.25, 0.3) is 0 Å². The van der Waals surface area contributed by atoms with Crippen LogP contribution in [0.4, 0.5) is 5.69 Å². The Morgan fingerprint density at radius 2 is 1.60 bits per heavy atom. The van der Waals surface area contributed by atoms with Crippen LogP contribution in [-0.2, 0) is 10.0 Å². The maximum atomic E-state index is 12.9. The molecule has 1 fully saturated rings. The van der Waals surface area contributed by atoms with E-state index in [4.69, 9.17) is 4.74 Å². The second-order valence-electron chi connectivity index (χ2n) is 5.66. The molecule has 0 spiro atoms. The molecular weight excluding hydrogens is 472 g/mol. The van der Waals surface area contributed by atoms with E-state index < -0.39 is 10.0 Å². The van der Waals surface area contributed by atoms with Gasteiger partial charge in [-0.15, -0.1) is 0 Å². The number of ether oxygens (including phenoxy) is 1. The van der Waals surface area contributed by atoms with E-state index in [0.29, 0.717) is 35.5 Å². The molecule has 0 radical (unpaired) electrons. The van der Waals surface area contributed by atoms with Crippen molar-refractivity contribution in [2.45, 2.75) is 4.90 Å². The van der Waals surface area contributed by atoms with E-state index in [9.17, 15) is 8.42 Å². The number of sulfonamides is 1. The molecule has 0 atom stereocenters. The summed E-state index contributed by atoms with van der Waals surface area (Å²) in [4.78, 5) is 2.47. The Hall–Kier alpha value is -1.09. The van der Waals surface area contributed by atoms with Crippen molar-refractivity contribution in [1.29, 1.82) is 0 Å². The number of halogens is 2. The van der Waals surface area contributed by atoms with Gasteiger partial charge in [0.1, 0.15) is 5.75 Å². The van der Waals surface area contributed by atoms with Gasteiger partial charge in [-0.1, -0.05) is 15.9 Å². The van der Waals surface area contributed by atoms with Crippen LogP contribution >= 0.6 is 31.9 Å². The van der Waals surface area contributed by atoms with Crippen LogP contribution in [0.5, 0.6) is 5.75 Å². The lowest BCUT2D eigenvalue weighted by Gasteiger charge is -2.35. The lowest BCUT2D eigenvalue weighted by molar-refractivity contribution is 0.384. The van der Waals surface area contributed by atoms with Gasteiger partial charge in [-0.25, -0.2) is 8.42 Å². The first kappa shape index (κ1) is 18.7. The predicted molar refractivity (Wildman–Crippen MR) is 106 cm³/mol. The lowest BCUT2D eigenvalue weighted by Crippen LogP contribution is -2.48. The van der Waals surface area contributed by atoms with Crippen LogP contribution in [0.3, 0.4) is 0 Å². The molecule has 0 saturated carbocycles. The number of rotatable bonds is 4. The molecule has 8 heteroatoms. The van der Waals surface area contributed by atoms with Gasteiger partial charge < -0.3 is 9.64 Å². The minimum atomic E-state index is -3.52. The van der Waals surface area contributed by atoms with Crippen LogP contribution in [0.15, 0.2) is 56.3 Å². The van der Waals surface area contributed by atoms with E-state index in [0.717, 1.165) is 15.9 Å².